The van der Waals surface area contributed by atoms with E-state index in [4.69, 9.17) is 0 Å². The van der Waals surface area contributed by atoms with Crippen LogP contribution in [0.15, 0.2) is 89.8 Å². The van der Waals surface area contributed by atoms with Crippen molar-refractivity contribution in [1.82, 2.24) is 16.4 Å². The lowest BCUT2D eigenvalue weighted by Crippen LogP contribution is -2.46. The fourth-order valence-electron chi connectivity index (χ4n) is 2.69. The van der Waals surface area contributed by atoms with Gasteiger partial charge in [-0.1, -0.05) is 66.8 Å². The number of carbonyl (C=O) groups is 1. The Bertz CT molecular complexity index is 1210. The van der Waals surface area contributed by atoms with Gasteiger partial charge in [-0.3, -0.25) is 20.4 Å². The van der Waals surface area contributed by atoms with Crippen LogP contribution in [0.2, 0.25) is 0 Å². The maximum Gasteiger partial charge on any atom is 0.261 e. The predicted octanol–water partition coefficient (Wildman–Crippen LogP) is 3.51. The molecule has 0 fully saturated rings. The van der Waals surface area contributed by atoms with E-state index in [1.165, 1.54) is 6.08 Å². The summed E-state index contributed by atoms with van der Waals surface area (Å²) in [6, 6.07) is 23.0. The number of hydrazine groups is 2. The average molecular weight is 485 g/mol. The quantitative estimate of drug-likeness (QED) is 0.145. The third-order valence-corrected chi connectivity index (χ3v) is 5.83. The molecule has 3 aromatic rings. The molecule has 0 unspecified atom stereocenters. The Morgan fingerprint density at radius 2 is 1.47 bits per heavy atom. The normalized spacial score (nSPS) is 11.2. The van der Waals surface area contributed by atoms with E-state index in [1.807, 2.05) is 30.3 Å². The Morgan fingerprint density at radius 3 is 2.09 bits per heavy atom. The van der Waals surface area contributed by atoms with Crippen molar-refractivity contribution in [2.24, 2.45) is 0 Å². The number of rotatable bonds is 8. The second-order valence-electron chi connectivity index (χ2n) is 6.50. The van der Waals surface area contributed by atoms with Crippen LogP contribution in [0.5, 0.6) is 0 Å². The molecule has 0 aromatic heterocycles. The van der Waals surface area contributed by atoms with Gasteiger partial charge in [0.25, 0.3) is 15.9 Å². The number of anilines is 1. The first kappa shape index (κ1) is 23.5. The SMILES string of the molecule is O=C(/C=C/c1ccc(NS(=O)(=O)c2ccc(-c3ccccc3)cc2)cc1)NNNC(=S)S. The van der Waals surface area contributed by atoms with E-state index < -0.39 is 15.9 Å². The van der Waals surface area contributed by atoms with Gasteiger partial charge in [-0.15, -0.1) is 18.2 Å². The number of hydrogen-bond donors (Lipinski definition) is 5. The first-order valence-corrected chi connectivity index (χ1v) is 11.7. The van der Waals surface area contributed by atoms with Crippen molar-refractivity contribution in [3.05, 3.63) is 90.5 Å². The maximum absolute atomic E-state index is 12.7. The molecule has 0 radical (unpaired) electrons. The summed E-state index contributed by atoms with van der Waals surface area (Å²) in [5, 5.41) is 0. The van der Waals surface area contributed by atoms with Gasteiger partial charge in [0.05, 0.1) is 4.90 Å². The lowest BCUT2D eigenvalue weighted by atomic mass is 10.1. The van der Waals surface area contributed by atoms with Gasteiger partial charge < -0.3 is 0 Å². The molecular formula is C22H20N4O3S3. The molecule has 0 aliphatic heterocycles. The van der Waals surface area contributed by atoms with Gasteiger partial charge in [-0.05, 0) is 47.0 Å². The van der Waals surface area contributed by atoms with E-state index in [9.17, 15) is 13.2 Å². The van der Waals surface area contributed by atoms with Crippen LogP contribution in [-0.2, 0) is 14.8 Å². The molecule has 0 saturated carbocycles. The molecule has 0 aliphatic carbocycles. The van der Waals surface area contributed by atoms with Crippen LogP contribution >= 0.6 is 24.8 Å². The number of thiol groups is 1. The third kappa shape index (κ3) is 6.92. The number of carbonyl (C=O) groups excluding carboxylic acids is 1. The molecule has 32 heavy (non-hydrogen) atoms. The Kier molecular flexibility index (Phi) is 8.01. The van der Waals surface area contributed by atoms with E-state index >= 15 is 0 Å². The summed E-state index contributed by atoms with van der Waals surface area (Å²) in [5.41, 5.74) is 10.2. The van der Waals surface area contributed by atoms with Crippen LogP contribution in [0, 0.1) is 0 Å². The number of benzene rings is 3. The molecule has 0 atom stereocenters. The number of hydrogen-bond acceptors (Lipinski definition) is 5. The number of amides is 1. The molecular weight excluding hydrogens is 464 g/mol. The fourth-order valence-corrected chi connectivity index (χ4v) is 3.86. The third-order valence-electron chi connectivity index (χ3n) is 4.22. The molecule has 0 heterocycles. The molecule has 10 heteroatoms. The summed E-state index contributed by atoms with van der Waals surface area (Å²) in [7, 11) is -3.73. The van der Waals surface area contributed by atoms with E-state index in [0.29, 0.717) is 11.3 Å². The van der Waals surface area contributed by atoms with E-state index in [1.54, 1.807) is 54.6 Å². The average Bonchev–Trinajstić information content (AvgIpc) is 2.79. The van der Waals surface area contributed by atoms with Crippen LogP contribution in [0.25, 0.3) is 17.2 Å². The van der Waals surface area contributed by atoms with Crippen molar-refractivity contribution in [2.45, 2.75) is 4.90 Å². The number of nitrogens with one attached hydrogen (secondary N) is 4. The minimum absolute atomic E-state index is 0.166. The van der Waals surface area contributed by atoms with Crippen molar-refractivity contribution in [1.29, 1.82) is 0 Å². The van der Waals surface area contributed by atoms with Crippen LogP contribution in [0.4, 0.5) is 5.69 Å². The summed E-state index contributed by atoms with van der Waals surface area (Å²) >= 11 is 8.50. The van der Waals surface area contributed by atoms with E-state index in [0.717, 1.165) is 11.1 Å². The van der Waals surface area contributed by atoms with Crippen LogP contribution in [0.3, 0.4) is 0 Å². The highest BCUT2D eigenvalue weighted by atomic mass is 32.2. The Morgan fingerprint density at radius 1 is 0.844 bits per heavy atom. The monoisotopic (exact) mass is 484 g/mol. The molecule has 0 aliphatic rings. The highest BCUT2D eigenvalue weighted by molar-refractivity contribution is 8.11. The van der Waals surface area contributed by atoms with Crippen molar-refractivity contribution >= 4 is 56.9 Å². The van der Waals surface area contributed by atoms with Gasteiger partial charge in [0.2, 0.25) is 0 Å². The molecule has 0 saturated heterocycles. The lowest BCUT2D eigenvalue weighted by Gasteiger charge is -2.09. The molecule has 0 bridgehead atoms. The number of thiocarbonyl (C=S) groups is 1. The van der Waals surface area contributed by atoms with Gasteiger partial charge in [0.1, 0.15) is 4.32 Å². The molecule has 4 N–H and O–H groups in total. The van der Waals surface area contributed by atoms with Gasteiger partial charge in [-0.2, -0.15) is 0 Å². The standard InChI is InChI=1S/C22H20N4O3S3/c27-21(23-26-24-22(30)31)15-8-16-6-11-19(12-7-16)25-32(28,29)20-13-9-18(10-14-20)17-4-2-1-3-5-17/h1-15,25-26H,(H,23,27)(H2,24,30,31)/b15-8+. The van der Waals surface area contributed by atoms with Gasteiger partial charge >= 0.3 is 0 Å². The van der Waals surface area contributed by atoms with Gasteiger partial charge in [-0.25, -0.2) is 8.42 Å². The van der Waals surface area contributed by atoms with Crippen LogP contribution in [0.1, 0.15) is 5.56 Å². The Balaban J connectivity index is 1.61. The van der Waals surface area contributed by atoms with Crippen molar-refractivity contribution in [2.75, 3.05) is 4.72 Å². The van der Waals surface area contributed by atoms with Gasteiger partial charge in [0, 0.05) is 11.8 Å². The Labute approximate surface area is 197 Å². The maximum atomic E-state index is 12.7. The minimum Gasteiger partial charge on any atom is -0.289 e. The molecule has 1 amide bonds. The zero-order valence-corrected chi connectivity index (χ0v) is 19.2. The summed E-state index contributed by atoms with van der Waals surface area (Å²) < 4.78 is 28.1. The first-order chi connectivity index (χ1) is 15.3. The van der Waals surface area contributed by atoms with Crippen LogP contribution < -0.4 is 21.1 Å². The largest absolute Gasteiger partial charge is 0.289 e. The first-order valence-electron chi connectivity index (χ1n) is 9.34. The predicted molar refractivity (Wildman–Crippen MR) is 134 cm³/mol. The Hall–Kier alpha value is -3.18. The van der Waals surface area contributed by atoms with Crippen LogP contribution in [-0.4, -0.2) is 18.6 Å². The molecule has 7 nitrogen and oxygen atoms in total. The molecule has 3 aromatic carbocycles. The topological polar surface area (TPSA) is 99.3 Å². The molecule has 3 rings (SSSR count). The van der Waals surface area contributed by atoms with E-state index in [-0.39, 0.29) is 9.22 Å². The fraction of sp³-hybridized carbons (Fsp3) is 0. The minimum atomic E-state index is -3.73. The summed E-state index contributed by atoms with van der Waals surface area (Å²) in [4.78, 5) is 11.8. The molecule has 0 spiro atoms. The number of sulfonamides is 1. The zero-order valence-electron chi connectivity index (χ0n) is 16.6. The highest BCUT2D eigenvalue weighted by Gasteiger charge is 2.14. The highest BCUT2D eigenvalue weighted by Crippen LogP contribution is 2.22. The zero-order chi connectivity index (χ0) is 23.0. The van der Waals surface area contributed by atoms with Crippen molar-refractivity contribution in [3.63, 3.8) is 0 Å². The molecule has 164 valence electrons. The van der Waals surface area contributed by atoms with Gasteiger partial charge in [0.15, 0.2) is 0 Å². The smallest absolute Gasteiger partial charge is 0.261 e. The summed E-state index contributed by atoms with van der Waals surface area (Å²) in [6.45, 7) is 0. The van der Waals surface area contributed by atoms with E-state index in [2.05, 4.69) is 46.0 Å². The second-order valence-corrected chi connectivity index (χ2v) is 9.34. The van der Waals surface area contributed by atoms with Crippen molar-refractivity contribution < 1.29 is 13.2 Å². The summed E-state index contributed by atoms with van der Waals surface area (Å²) in [6.07, 6.45) is 2.89. The van der Waals surface area contributed by atoms with Crippen molar-refractivity contribution in [3.8, 4) is 11.1 Å². The summed E-state index contributed by atoms with van der Waals surface area (Å²) in [5.74, 6) is -0.411. The second kappa shape index (κ2) is 10.9. The lowest BCUT2D eigenvalue weighted by molar-refractivity contribution is -0.117.